The van der Waals surface area contributed by atoms with E-state index in [-0.39, 0.29) is 0 Å². The van der Waals surface area contributed by atoms with Gasteiger partial charge in [-0.25, -0.2) is 9.97 Å². The van der Waals surface area contributed by atoms with Crippen molar-refractivity contribution in [2.24, 2.45) is 11.8 Å². The summed E-state index contributed by atoms with van der Waals surface area (Å²) in [5.74, 6) is 2.84. The lowest BCUT2D eigenvalue weighted by atomic mass is 10.0. The van der Waals surface area contributed by atoms with Crippen LogP contribution >= 0.6 is 0 Å². The molecule has 0 bridgehead atoms. The van der Waals surface area contributed by atoms with Crippen molar-refractivity contribution in [3.63, 3.8) is 0 Å². The highest BCUT2D eigenvalue weighted by Gasteiger charge is 2.43. The summed E-state index contributed by atoms with van der Waals surface area (Å²) in [4.78, 5) is 10.6. The highest BCUT2D eigenvalue weighted by molar-refractivity contribution is 5.40. The van der Waals surface area contributed by atoms with Gasteiger partial charge < -0.3 is 15.0 Å². The molecule has 0 aromatic carbocycles. The van der Waals surface area contributed by atoms with Crippen LogP contribution in [0.1, 0.15) is 25.7 Å². The number of aromatic nitrogens is 2. The maximum absolute atomic E-state index is 5.52. The van der Waals surface area contributed by atoms with Crippen molar-refractivity contribution in [1.82, 2.24) is 15.3 Å². The van der Waals surface area contributed by atoms with E-state index in [0.29, 0.717) is 12.1 Å². The first-order valence-corrected chi connectivity index (χ1v) is 8.11. The molecule has 21 heavy (non-hydrogen) atoms. The van der Waals surface area contributed by atoms with Crippen molar-refractivity contribution in [3.05, 3.63) is 18.6 Å². The van der Waals surface area contributed by atoms with E-state index < -0.39 is 0 Å². The summed E-state index contributed by atoms with van der Waals surface area (Å²) < 4.78 is 5.52. The van der Waals surface area contributed by atoms with E-state index in [9.17, 15) is 0 Å². The lowest BCUT2D eigenvalue weighted by molar-refractivity contribution is 0.0999. The van der Waals surface area contributed by atoms with Crippen molar-refractivity contribution >= 4 is 5.82 Å². The SMILES string of the molecule is COC1C[C@H]2CC(NC3CN(c4ccncn4)C3)C[C@H]2C1. The van der Waals surface area contributed by atoms with Gasteiger partial charge in [0.05, 0.1) is 6.10 Å². The van der Waals surface area contributed by atoms with E-state index >= 15 is 0 Å². The van der Waals surface area contributed by atoms with Gasteiger partial charge in [-0.1, -0.05) is 0 Å². The second kappa shape index (κ2) is 5.54. The molecule has 1 aliphatic heterocycles. The molecule has 5 heteroatoms. The molecule has 4 rings (SSSR count). The number of fused-ring (bicyclic) bond motifs is 1. The van der Waals surface area contributed by atoms with E-state index in [1.807, 2.05) is 19.4 Å². The molecular weight excluding hydrogens is 264 g/mol. The molecule has 1 aromatic rings. The van der Waals surface area contributed by atoms with Crippen LogP contribution in [0.3, 0.4) is 0 Å². The second-order valence-corrected chi connectivity index (χ2v) is 6.85. The maximum atomic E-state index is 5.52. The molecule has 0 spiro atoms. The van der Waals surface area contributed by atoms with Gasteiger partial charge in [-0.3, -0.25) is 0 Å². The Balaban J connectivity index is 1.23. The van der Waals surface area contributed by atoms with E-state index in [4.69, 9.17) is 4.74 Å². The lowest BCUT2D eigenvalue weighted by Gasteiger charge is -2.42. The highest BCUT2D eigenvalue weighted by atomic mass is 16.5. The Labute approximate surface area is 126 Å². The second-order valence-electron chi connectivity index (χ2n) is 6.85. The van der Waals surface area contributed by atoms with Crippen LogP contribution in [0.15, 0.2) is 18.6 Å². The fourth-order valence-electron chi connectivity index (χ4n) is 4.46. The summed E-state index contributed by atoms with van der Waals surface area (Å²) >= 11 is 0. The molecule has 3 aliphatic rings. The van der Waals surface area contributed by atoms with Gasteiger partial charge in [0.15, 0.2) is 0 Å². The molecule has 0 radical (unpaired) electrons. The van der Waals surface area contributed by atoms with Crippen LogP contribution in [-0.4, -0.2) is 48.4 Å². The van der Waals surface area contributed by atoms with Crippen molar-refractivity contribution in [2.45, 2.75) is 43.9 Å². The molecule has 114 valence electrons. The number of hydrogen-bond acceptors (Lipinski definition) is 5. The molecule has 2 unspecified atom stereocenters. The first kappa shape index (κ1) is 13.5. The minimum atomic E-state index is 0.526. The molecule has 3 fully saturated rings. The van der Waals surface area contributed by atoms with Crippen LogP contribution in [0.2, 0.25) is 0 Å². The van der Waals surface area contributed by atoms with E-state index in [1.54, 1.807) is 6.33 Å². The molecule has 0 amide bonds. The number of methoxy groups -OCH3 is 1. The quantitative estimate of drug-likeness (QED) is 0.909. The normalized spacial score (nSPS) is 35.8. The smallest absolute Gasteiger partial charge is 0.132 e. The Bertz CT molecular complexity index is 462. The number of nitrogens with one attached hydrogen (secondary N) is 1. The molecule has 1 aromatic heterocycles. The monoisotopic (exact) mass is 288 g/mol. The third kappa shape index (κ3) is 2.64. The molecule has 5 nitrogen and oxygen atoms in total. The zero-order valence-electron chi connectivity index (χ0n) is 12.6. The standard InChI is InChI=1S/C16H24N4O/c1-21-15-6-11-4-13(5-12(11)7-15)19-14-8-20(9-14)16-2-3-17-10-18-16/h2-3,10-15,19H,4-9H2,1H3/t11-,12+,13?,15?. The average molecular weight is 288 g/mol. The minimum Gasteiger partial charge on any atom is -0.381 e. The number of ether oxygens (including phenoxy) is 1. The van der Waals surface area contributed by atoms with Gasteiger partial charge in [-0.05, 0) is 43.6 Å². The highest BCUT2D eigenvalue weighted by Crippen LogP contribution is 2.45. The molecule has 2 aliphatic carbocycles. The van der Waals surface area contributed by atoms with Gasteiger partial charge >= 0.3 is 0 Å². The fourth-order valence-corrected chi connectivity index (χ4v) is 4.46. The fraction of sp³-hybridized carbons (Fsp3) is 0.750. The lowest BCUT2D eigenvalue weighted by Crippen LogP contribution is -2.60. The summed E-state index contributed by atoms with van der Waals surface area (Å²) in [6.45, 7) is 2.15. The minimum absolute atomic E-state index is 0.526. The Hall–Kier alpha value is -1.20. The zero-order chi connectivity index (χ0) is 14.2. The van der Waals surface area contributed by atoms with Crippen molar-refractivity contribution in [3.8, 4) is 0 Å². The first-order chi connectivity index (χ1) is 10.3. The number of hydrogen-bond donors (Lipinski definition) is 1. The summed E-state index contributed by atoms with van der Waals surface area (Å²) in [7, 11) is 1.86. The van der Waals surface area contributed by atoms with Crippen LogP contribution in [0, 0.1) is 11.8 Å². The Morgan fingerprint density at radius 2 is 1.90 bits per heavy atom. The van der Waals surface area contributed by atoms with Crippen LogP contribution < -0.4 is 10.2 Å². The van der Waals surface area contributed by atoms with E-state index in [2.05, 4.69) is 20.2 Å². The molecule has 4 atom stereocenters. The molecule has 2 heterocycles. The van der Waals surface area contributed by atoms with Gasteiger partial charge in [0.25, 0.3) is 0 Å². The molecule has 1 N–H and O–H groups in total. The van der Waals surface area contributed by atoms with Gasteiger partial charge in [-0.15, -0.1) is 0 Å². The van der Waals surface area contributed by atoms with Crippen molar-refractivity contribution < 1.29 is 4.74 Å². The van der Waals surface area contributed by atoms with Gasteiger partial charge in [0.1, 0.15) is 12.1 Å². The average Bonchev–Trinajstić information content (AvgIpc) is 3.01. The van der Waals surface area contributed by atoms with Crippen LogP contribution in [0.5, 0.6) is 0 Å². The third-order valence-corrected chi connectivity index (χ3v) is 5.55. The summed E-state index contributed by atoms with van der Waals surface area (Å²) in [6.07, 6.45) is 9.20. The Kier molecular flexibility index (Phi) is 3.55. The topological polar surface area (TPSA) is 50.3 Å². The van der Waals surface area contributed by atoms with Crippen molar-refractivity contribution in [2.75, 3.05) is 25.1 Å². The van der Waals surface area contributed by atoms with Crippen LogP contribution in [0.25, 0.3) is 0 Å². The van der Waals surface area contributed by atoms with Gasteiger partial charge in [0, 0.05) is 38.5 Å². The van der Waals surface area contributed by atoms with E-state index in [0.717, 1.165) is 36.8 Å². The Morgan fingerprint density at radius 1 is 1.14 bits per heavy atom. The summed E-state index contributed by atoms with van der Waals surface area (Å²) in [5.41, 5.74) is 0. The van der Waals surface area contributed by atoms with Gasteiger partial charge in [0.2, 0.25) is 0 Å². The molecule has 2 saturated carbocycles. The zero-order valence-corrected chi connectivity index (χ0v) is 12.6. The Morgan fingerprint density at radius 3 is 2.52 bits per heavy atom. The first-order valence-electron chi connectivity index (χ1n) is 8.11. The predicted molar refractivity (Wildman–Crippen MR) is 81.2 cm³/mol. The number of rotatable bonds is 4. The summed E-state index contributed by atoms with van der Waals surface area (Å²) in [6, 6.07) is 3.33. The third-order valence-electron chi connectivity index (χ3n) is 5.55. The molecule has 1 saturated heterocycles. The number of nitrogens with zero attached hydrogens (tertiary/aromatic N) is 3. The molecular formula is C16H24N4O. The summed E-state index contributed by atoms with van der Waals surface area (Å²) in [5, 5.41) is 3.85. The maximum Gasteiger partial charge on any atom is 0.132 e. The van der Waals surface area contributed by atoms with Crippen LogP contribution in [0.4, 0.5) is 5.82 Å². The van der Waals surface area contributed by atoms with Crippen molar-refractivity contribution in [1.29, 1.82) is 0 Å². The van der Waals surface area contributed by atoms with Crippen LogP contribution in [-0.2, 0) is 4.74 Å². The van der Waals surface area contributed by atoms with Gasteiger partial charge in [-0.2, -0.15) is 0 Å². The predicted octanol–water partition coefficient (Wildman–Crippen LogP) is 1.46. The number of anilines is 1. The van der Waals surface area contributed by atoms with E-state index in [1.165, 1.54) is 25.7 Å². The largest absolute Gasteiger partial charge is 0.381 e.